The summed E-state index contributed by atoms with van der Waals surface area (Å²) in [6, 6.07) is 3.78. The van der Waals surface area contributed by atoms with Crippen molar-refractivity contribution in [2.45, 2.75) is 37.5 Å². The van der Waals surface area contributed by atoms with Gasteiger partial charge in [-0.15, -0.1) is 0 Å². The van der Waals surface area contributed by atoms with Crippen molar-refractivity contribution in [3.63, 3.8) is 0 Å². The Morgan fingerprint density at radius 2 is 2.16 bits per heavy atom. The monoisotopic (exact) mass is 271 g/mol. The van der Waals surface area contributed by atoms with Gasteiger partial charge in [-0.25, -0.2) is 8.78 Å². The van der Waals surface area contributed by atoms with Crippen molar-refractivity contribution >= 4 is 0 Å². The average Bonchev–Trinajstić information content (AvgIpc) is 2.87. The topological polar surface area (TPSA) is 41.5 Å². The molecule has 106 valence electrons. The van der Waals surface area contributed by atoms with Crippen LogP contribution in [0.15, 0.2) is 18.2 Å². The molecular weight excluding hydrogens is 252 g/mol. The van der Waals surface area contributed by atoms with Crippen molar-refractivity contribution in [2.75, 3.05) is 13.7 Å². The molecule has 1 aliphatic carbocycles. The van der Waals surface area contributed by atoms with Crippen LogP contribution < -0.4 is 5.32 Å². The molecule has 3 nitrogen and oxygen atoms in total. The number of methoxy groups -OCH3 is 1. The zero-order valence-corrected chi connectivity index (χ0v) is 10.9. The van der Waals surface area contributed by atoms with E-state index in [0.29, 0.717) is 18.2 Å². The van der Waals surface area contributed by atoms with E-state index in [-0.39, 0.29) is 6.10 Å². The van der Waals surface area contributed by atoms with Gasteiger partial charge in [0, 0.05) is 19.7 Å². The minimum Gasteiger partial charge on any atom is -0.387 e. The number of aliphatic hydroxyl groups is 1. The lowest BCUT2D eigenvalue weighted by Crippen LogP contribution is -2.31. The minimum absolute atomic E-state index is 0.276. The van der Waals surface area contributed by atoms with Gasteiger partial charge in [-0.3, -0.25) is 0 Å². The fourth-order valence-corrected chi connectivity index (χ4v) is 2.46. The van der Waals surface area contributed by atoms with Crippen molar-refractivity contribution in [3.8, 4) is 0 Å². The summed E-state index contributed by atoms with van der Waals surface area (Å²) in [4.78, 5) is 0. The van der Waals surface area contributed by atoms with Crippen LogP contribution in [0.5, 0.6) is 0 Å². The summed E-state index contributed by atoms with van der Waals surface area (Å²) in [6.07, 6.45) is 2.37. The lowest BCUT2D eigenvalue weighted by atomic mass is 10.1. The highest BCUT2D eigenvalue weighted by Gasteiger charge is 2.24. The Morgan fingerprint density at radius 3 is 2.79 bits per heavy atom. The highest BCUT2D eigenvalue weighted by Crippen LogP contribution is 2.22. The van der Waals surface area contributed by atoms with Crippen LogP contribution in [0.25, 0.3) is 0 Å². The van der Waals surface area contributed by atoms with Crippen LogP contribution in [0, 0.1) is 11.6 Å². The molecule has 2 N–H and O–H groups in total. The molecule has 0 radical (unpaired) electrons. The highest BCUT2D eigenvalue weighted by molar-refractivity contribution is 5.20. The molecule has 3 unspecified atom stereocenters. The van der Waals surface area contributed by atoms with Crippen molar-refractivity contribution in [3.05, 3.63) is 35.4 Å². The van der Waals surface area contributed by atoms with Gasteiger partial charge >= 0.3 is 0 Å². The van der Waals surface area contributed by atoms with Crippen LogP contribution in [0.1, 0.15) is 30.9 Å². The number of aliphatic hydroxyl groups excluding tert-OH is 1. The van der Waals surface area contributed by atoms with Gasteiger partial charge in [0.05, 0.1) is 12.2 Å². The summed E-state index contributed by atoms with van der Waals surface area (Å²) in [6.45, 7) is 0.326. The number of benzene rings is 1. The molecule has 1 aromatic rings. The van der Waals surface area contributed by atoms with Crippen LogP contribution in [0.3, 0.4) is 0 Å². The normalized spacial score (nSPS) is 24.6. The van der Waals surface area contributed by atoms with E-state index in [1.807, 2.05) is 0 Å². The van der Waals surface area contributed by atoms with E-state index in [1.54, 1.807) is 7.11 Å². The summed E-state index contributed by atoms with van der Waals surface area (Å²) >= 11 is 0. The van der Waals surface area contributed by atoms with Crippen molar-refractivity contribution in [1.29, 1.82) is 0 Å². The Labute approximate surface area is 111 Å². The molecule has 19 heavy (non-hydrogen) atoms. The third-order valence-corrected chi connectivity index (χ3v) is 3.65. The molecule has 1 saturated carbocycles. The van der Waals surface area contributed by atoms with E-state index < -0.39 is 17.7 Å². The summed E-state index contributed by atoms with van der Waals surface area (Å²) in [5.41, 5.74) is 0.382. The zero-order valence-electron chi connectivity index (χ0n) is 10.9. The number of hydrogen-bond acceptors (Lipinski definition) is 3. The van der Waals surface area contributed by atoms with Crippen LogP contribution in [0.4, 0.5) is 8.78 Å². The first kappa shape index (κ1) is 14.4. The van der Waals surface area contributed by atoms with Crippen LogP contribution >= 0.6 is 0 Å². The summed E-state index contributed by atoms with van der Waals surface area (Å²) in [7, 11) is 1.70. The van der Waals surface area contributed by atoms with E-state index in [9.17, 15) is 13.9 Å². The second kappa shape index (κ2) is 6.41. The Hall–Kier alpha value is -1.04. The quantitative estimate of drug-likeness (QED) is 0.862. The Bertz CT molecular complexity index is 428. The van der Waals surface area contributed by atoms with Crippen LogP contribution in [-0.2, 0) is 4.74 Å². The van der Waals surface area contributed by atoms with E-state index in [4.69, 9.17) is 4.74 Å². The molecular formula is C14H19F2NO2. The predicted octanol–water partition coefficient (Wildman–Crippen LogP) is 2.16. The van der Waals surface area contributed by atoms with Crippen LogP contribution in [-0.4, -0.2) is 30.9 Å². The predicted molar refractivity (Wildman–Crippen MR) is 67.8 cm³/mol. The third-order valence-electron chi connectivity index (χ3n) is 3.65. The largest absolute Gasteiger partial charge is 0.387 e. The second-order valence-corrected chi connectivity index (χ2v) is 4.97. The average molecular weight is 271 g/mol. The number of hydrogen-bond donors (Lipinski definition) is 2. The van der Waals surface area contributed by atoms with Gasteiger partial charge in [-0.1, -0.05) is 6.07 Å². The van der Waals surface area contributed by atoms with Gasteiger partial charge in [0.15, 0.2) is 11.6 Å². The first-order valence-corrected chi connectivity index (χ1v) is 6.49. The third kappa shape index (κ3) is 3.72. The Balaban J connectivity index is 1.84. The van der Waals surface area contributed by atoms with Gasteiger partial charge in [-0.2, -0.15) is 0 Å². The van der Waals surface area contributed by atoms with Crippen molar-refractivity contribution < 1.29 is 18.6 Å². The molecule has 3 atom stereocenters. The molecule has 0 spiro atoms. The highest BCUT2D eigenvalue weighted by atomic mass is 19.2. The minimum atomic E-state index is -0.933. The lowest BCUT2D eigenvalue weighted by Gasteiger charge is -2.17. The molecule has 0 heterocycles. The molecule has 0 amide bonds. The molecule has 0 saturated heterocycles. The maximum Gasteiger partial charge on any atom is 0.159 e. The van der Waals surface area contributed by atoms with Gasteiger partial charge in [0.1, 0.15) is 0 Å². The molecule has 0 bridgehead atoms. The smallest absolute Gasteiger partial charge is 0.159 e. The van der Waals surface area contributed by atoms with Gasteiger partial charge in [-0.05, 0) is 37.0 Å². The van der Waals surface area contributed by atoms with Gasteiger partial charge in [0.25, 0.3) is 0 Å². The number of halogens is 2. The standard InChI is InChI=1S/C14H19F2NO2/c1-19-11-4-3-10(7-11)17-8-14(18)9-2-5-12(15)13(16)6-9/h2,5-6,10-11,14,17-18H,3-4,7-8H2,1H3. The SMILES string of the molecule is COC1CCC(NCC(O)c2ccc(F)c(F)c2)C1. The molecule has 0 aliphatic heterocycles. The fourth-order valence-electron chi connectivity index (χ4n) is 2.46. The lowest BCUT2D eigenvalue weighted by molar-refractivity contribution is 0.105. The summed E-state index contributed by atoms with van der Waals surface area (Å²) in [5, 5.41) is 13.2. The number of rotatable bonds is 5. The maximum atomic E-state index is 13.1. The maximum absolute atomic E-state index is 13.1. The summed E-state index contributed by atoms with van der Waals surface area (Å²) in [5.74, 6) is -1.83. The van der Waals surface area contributed by atoms with E-state index in [0.717, 1.165) is 31.4 Å². The molecule has 2 rings (SSSR count). The van der Waals surface area contributed by atoms with Gasteiger partial charge < -0.3 is 15.2 Å². The van der Waals surface area contributed by atoms with Crippen molar-refractivity contribution in [1.82, 2.24) is 5.32 Å². The Kier molecular flexibility index (Phi) is 4.85. The summed E-state index contributed by atoms with van der Waals surface area (Å²) < 4.78 is 31.1. The first-order valence-electron chi connectivity index (χ1n) is 6.49. The number of nitrogens with one attached hydrogen (secondary N) is 1. The Morgan fingerprint density at radius 1 is 1.37 bits per heavy atom. The second-order valence-electron chi connectivity index (χ2n) is 4.97. The fraction of sp³-hybridized carbons (Fsp3) is 0.571. The van der Waals surface area contributed by atoms with Crippen molar-refractivity contribution in [2.24, 2.45) is 0 Å². The van der Waals surface area contributed by atoms with Crippen LogP contribution in [0.2, 0.25) is 0 Å². The van der Waals surface area contributed by atoms with E-state index in [1.165, 1.54) is 6.07 Å². The van der Waals surface area contributed by atoms with Gasteiger partial charge in [0.2, 0.25) is 0 Å². The molecule has 5 heteroatoms. The number of ether oxygens (including phenoxy) is 1. The zero-order chi connectivity index (χ0) is 13.8. The molecule has 1 aromatic carbocycles. The molecule has 1 fully saturated rings. The molecule has 1 aliphatic rings. The van der Waals surface area contributed by atoms with E-state index in [2.05, 4.69) is 5.32 Å². The first-order chi connectivity index (χ1) is 9.10. The molecule has 0 aromatic heterocycles. The van der Waals surface area contributed by atoms with E-state index >= 15 is 0 Å².